The topological polar surface area (TPSA) is 36.9 Å². The fourth-order valence-corrected chi connectivity index (χ4v) is 5.53. The van der Waals surface area contributed by atoms with E-state index in [4.69, 9.17) is 18.9 Å². The first-order chi connectivity index (χ1) is 19.8. The van der Waals surface area contributed by atoms with E-state index in [1.807, 2.05) is 10.8 Å². The maximum atomic E-state index is 5.84. The molecule has 2 aromatic heterocycles. The SMILES string of the molecule is CCCCCCCOc1cscc1OCCCCCCC.CCCCCCOc1cscc1OCCCCCC. The molecule has 40 heavy (non-hydrogen) atoms. The Hall–Kier alpha value is -1.40. The Morgan fingerprint density at radius 1 is 0.350 bits per heavy atom. The summed E-state index contributed by atoms with van der Waals surface area (Å²) in [5, 5.41) is 8.19. The molecule has 0 aliphatic rings. The highest BCUT2D eigenvalue weighted by molar-refractivity contribution is 7.08. The molecule has 0 N–H and O–H groups in total. The molecule has 0 fully saturated rings. The van der Waals surface area contributed by atoms with Crippen molar-refractivity contribution in [1.29, 1.82) is 0 Å². The lowest BCUT2D eigenvalue weighted by Gasteiger charge is -2.09. The van der Waals surface area contributed by atoms with E-state index in [1.54, 1.807) is 22.7 Å². The number of thiophene rings is 2. The zero-order valence-corrected chi connectivity index (χ0v) is 27.9. The quantitative estimate of drug-likeness (QED) is 0.101. The van der Waals surface area contributed by atoms with Gasteiger partial charge in [0.2, 0.25) is 0 Å². The average Bonchev–Trinajstić information content (AvgIpc) is 3.62. The zero-order valence-electron chi connectivity index (χ0n) is 26.3. The summed E-state index contributed by atoms with van der Waals surface area (Å²) in [6, 6.07) is 0. The molecule has 6 heteroatoms. The second-order valence-electron chi connectivity index (χ2n) is 10.5. The molecule has 4 nitrogen and oxygen atoms in total. The van der Waals surface area contributed by atoms with Crippen molar-refractivity contribution >= 4 is 22.7 Å². The molecule has 0 aliphatic carbocycles. The van der Waals surface area contributed by atoms with Crippen LogP contribution in [-0.4, -0.2) is 26.4 Å². The average molecular weight is 597 g/mol. The molecule has 0 bridgehead atoms. The van der Waals surface area contributed by atoms with Crippen LogP contribution in [0.15, 0.2) is 21.5 Å². The minimum Gasteiger partial charge on any atom is -0.489 e. The first-order valence-corrected chi connectivity index (χ1v) is 18.3. The number of hydrogen-bond acceptors (Lipinski definition) is 6. The van der Waals surface area contributed by atoms with E-state index in [0.717, 1.165) is 75.1 Å². The Labute approximate surface area is 255 Å². The third-order valence-corrected chi connectivity index (χ3v) is 8.11. The van der Waals surface area contributed by atoms with Crippen LogP contribution in [0.1, 0.15) is 143 Å². The highest BCUT2D eigenvalue weighted by Crippen LogP contribution is 2.33. The van der Waals surface area contributed by atoms with Crippen LogP contribution in [0.2, 0.25) is 0 Å². The molecular formula is C34H60O4S2. The predicted octanol–water partition coefficient (Wildman–Crippen LogP) is 12.1. The molecule has 232 valence electrons. The van der Waals surface area contributed by atoms with E-state index in [2.05, 4.69) is 38.5 Å². The second-order valence-corrected chi connectivity index (χ2v) is 12.0. The Kier molecular flexibility index (Phi) is 25.4. The maximum absolute atomic E-state index is 5.84. The van der Waals surface area contributed by atoms with Gasteiger partial charge in [0.05, 0.1) is 26.4 Å². The summed E-state index contributed by atoms with van der Waals surface area (Å²) < 4.78 is 23.3. The number of rotatable bonds is 26. The molecule has 0 atom stereocenters. The monoisotopic (exact) mass is 596 g/mol. The molecule has 0 spiro atoms. The molecule has 2 rings (SSSR count). The fraction of sp³-hybridized carbons (Fsp3) is 0.765. The minimum absolute atomic E-state index is 0.808. The van der Waals surface area contributed by atoms with Crippen molar-refractivity contribution in [2.75, 3.05) is 26.4 Å². The van der Waals surface area contributed by atoms with Crippen molar-refractivity contribution in [3.8, 4) is 23.0 Å². The van der Waals surface area contributed by atoms with E-state index >= 15 is 0 Å². The molecule has 0 aromatic carbocycles. The van der Waals surface area contributed by atoms with Gasteiger partial charge < -0.3 is 18.9 Å². The lowest BCUT2D eigenvalue weighted by Crippen LogP contribution is -2.01. The summed E-state index contributed by atoms with van der Waals surface area (Å²) in [4.78, 5) is 0. The van der Waals surface area contributed by atoms with E-state index in [1.165, 1.54) is 89.9 Å². The van der Waals surface area contributed by atoms with E-state index in [9.17, 15) is 0 Å². The van der Waals surface area contributed by atoms with Crippen LogP contribution in [0.4, 0.5) is 0 Å². The standard InChI is InChI=1S/C18H32O2S.C16H28O2S/c1-3-5-7-9-11-13-19-17-15-21-16-18(17)20-14-12-10-8-6-4-2;1-3-5-7-9-11-17-15-13-19-14-16(15)18-12-10-8-6-4-2/h15-16H,3-14H2,1-2H3;13-14H,3-12H2,1-2H3. The van der Waals surface area contributed by atoms with Crippen LogP contribution in [0, 0.1) is 0 Å². The minimum atomic E-state index is 0.808. The van der Waals surface area contributed by atoms with Gasteiger partial charge in [0.1, 0.15) is 0 Å². The van der Waals surface area contributed by atoms with Crippen molar-refractivity contribution in [1.82, 2.24) is 0 Å². The van der Waals surface area contributed by atoms with Crippen molar-refractivity contribution in [3.63, 3.8) is 0 Å². The Bertz CT molecular complexity index is 715. The van der Waals surface area contributed by atoms with Gasteiger partial charge in [-0.25, -0.2) is 0 Å². The first-order valence-electron chi connectivity index (χ1n) is 16.4. The summed E-state index contributed by atoms with van der Waals surface area (Å²) in [6.45, 7) is 12.2. The molecule has 0 saturated carbocycles. The largest absolute Gasteiger partial charge is 0.489 e. The van der Waals surface area contributed by atoms with Gasteiger partial charge in [0, 0.05) is 21.5 Å². The van der Waals surface area contributed by atoms with Crippen LogP contribution in [0.5, 0.6) is 23.0 Å². The van der Waals surface area contributed by atoms with Gasteiger partial charge in [-0.3, -0.25) is 0 Å². The smallest absolute Gasteiger partial charge is 0.171 e. The van der Waals surface area contributed by atoms with E-state index < -0.39 is 0 Å². The van der Waals surface area contributed by atoms with Crippen molar-refractivity contribution in [3.05, 3.63) is 21.5 Å². The highest BCUT2D eigenvalue weighted by Gasteiger charge is 2.07. The van der Waals surface area contributed by atoms with E-state index in [-0.39, 0.29) is 0 Å². The summed E-state index contributed by atoms with van der Waals surface area (Å²) in [5.41, 5.74) is 0. The van der Waals surface area contributed by atoms with Crippen molar-refractivity contribution in [2.45, 2.75) is 143 Å². The van der Waals surface area contributed by atoms with Crippen LogP contribution in [-0.2, 0) is 0 Å². The molecule has 0 amide bonds. The zero-order chi connectivity index (χ0) is 28.9. The Morgan fingerprint density at radius 3 is 0.825 bits per heavy atom. The first kappa shape index (κ1) is 36.6. The third-order valence-electron chi connectivity index (χ3n) is 6.71. The van der Waals surface area contributed by atoms with Crippen LogP contribution in [0.25, 0.3) is 0 Å². The van der Waals surface area contributed by atoms with Gasteiger partial charge >= 0.3 is 0 Å². The van der Waals surface area contributed by atoms with Gasteiger partial charge in [0.15, 0.2) is 23.0 Å². The van der Waals surface area contributed by atoms with Crippen LogP contribution >= 0.6 is 22.7 Å². The second kappa shape index (κ2) is 27.8. The number of ether oxygens (including phenoxy) is 4. The Balaban J connectivity index is 0.000000402. The van der Waals surface area contributed by atoms with Gasteiger partial charge in [0.25, 0.3) is 0 Å². The summed E-state index contributed by atoms with van der Waals surface area (Å²) >= 11 is 3.31. The van der Waals surface area contributed by atoms with Crippen LogP contribution in [0.3, 0.4) is 0 Å². The molecule has 0 aliphatic heterocycles. The van der Waals surface area contributed by atoms with Gasteiger partial charge in [-0.15, -0.1) is 22.7 Å². The van der Waals surface area contributed by atoms with E-state index in [0.29, 0.717) is 0 Å². The molecular weight excluding hydrogens is 537 g/mol. The fourth-order valence-electron chi connectivity index (χ4n) is 4.17. The van der Waals surface area contributed by atoms with Crippen molar-refractivity contribution in [2.24, 2.45) is 0 Å². The molecule has 2 heterocycles. The Morgan fingerprint density at radius 2 is 0.575 bits per heavy atom. The summed E-state index contributed by atoms with van der Waals surface area (Å²) in [5.74, 6) is 3.72. The molecule has 0 radical (unpaired) electrons. The molecule has 0 saturated heterocycles. The highest BCUT2D eigenvalue weighted by atomic mass is 32.1. The maximum Gasteiger partial charge on any atom is 0.171 e. The van der Waals surface area contributed by atoms with Gasteiger partial charge in [-0.1, -0.05) is 118 Å². The number of unbranched alkanes of at least 4 members (excludes halogenated alkanes) is 14. The third kappa shape index (κ3) is 19.6. The predicted molar refractivity (Wildman–Crippen MR) is 176 cm³/mol. The molecule has 2 aromatic rings. The summed E-state index contributed by atoms with van der Waals surface area (Å²) in [6.07, 6.45) is 22.7. The lowest BCUT2D eigenvalue weighted by molar-refractivity contribution is 0.260. The molecule has 0 unspecified atom stereocenters. The summed E-state index contributed by atoms with van der Waals surface area (Å²) in [7, 11) is 0. The van der Waals surface area contributed by atoms with Crippen molar-refractivity contribution < 1.29 is 18.9 Å². The van der Waals surface area contributed by atoms with Gasteiger partial charge in [-0.05, 0) is 25.7 Å². The van der Waals surface area contributed by atoms with Crippen LogP contribution < -0.4 is 18.9 Å². The number of hydrogen-bond donors (Lipinski definition) is 0. The van der Waals surface area contributed by atoms with Gasteiger partial charge in [-0.2, -0.15) is 0 Å². The lowest BCUT2D eigenvalue weighted by atomic mass is 10.2. The normalized spacial score (nSPS) is 10.7.